The van der Waals surface area contributed by atoms with Crippen molar-refractivity contribution in [3.63, 3.8) is 0 Å². The highest BCUT2D eigenvalue weighted by Crippen LogP contribution is 2.26. The van der Waals surface area contributed by atoms with Crippen LogP contribution in [0.5, 0.6) is 0 Å². The molecule has 5 heteroatoms. The number of nitrogens with zero attached hydrogens (tertiary/aromatic N) is 3. The normalized spacial score (nSPS) is 22.0. The first-order valence-electron chi connectivity index (χ1n) is 6.27. The van der Waals surface area contributed by atoms with Gasteiger partial charge in [-0.15, -0.1) is 11.6 Å². The van der Waals surface area contributed by atoms with Crippen molar-refractivity contribution >= 4 is 33.3 Å². The number of anilines is 1. The van der Waals surface area contributed by atoms with Gasteiger partial charge in [-0.05, 0) is 48.9 Å². The molecule has 1 aromatic heterocycles. The average molecular weight is 333 g/mol. The van der Waals surface area contributed by atoms with Gasteiger partial charge < -0.3 is 9.80 Å². The molecule has 1 unspecified atom stereocenters. The van der Waals surface area contributed by atoms with Gasteiger partial charge >= 0.3 is 0 Å². The molecule has 1 saturated heterocycles. The molecule has 0 spiro atoms. The second kappa shape index (κ2) is 6.22. The minimum atomic E-state index is 0.466. The first kappa shape index (κ1) is 14.1. The van der Waals surface area contributed by atoms with Crippen LogP contribution in [0.25, 0.3) is 0 Å². The molecule has 0 N–H and O–H groups in total. The van der Waals surface area contributed by atoms with Gasteiger partial charge in [-0.2, -0.15) is 0 Å². The monoisotopic (exact) mass is 331 g/mol. The third-order valence-corrected chi connectivity index (χ3v) is 4.09. The Hall–Kier alpha value is -0.320. The second-order valence-electron chi connectivity index (χ2n) is 4.93. The Kier molecular flexibility index (Phi) is 4.87. The Bertz CT molecular complexity index is 413. The summed E-state index contributed by atoms with van der Waals surface area (Å²) in [5.74, 6) is 1.54. The molecule has 1 fully saturated rings. The molecule has 0 radical (unpaired) electrons. The lowest BCUT2D eigenvalue weighted by Gasteiger charge is -2.30. The zero-order valence-corrected chi connectivity index (χ0v) is 13.2. The van der Waals surface area contributed by atoms with E-state index in [1.165, 1.54) is 6.42 Å². The molecule has 100 valence electrons. The van der Waals surface area contributed by atoms with Crippen molar-refractivity contribution in [1.82, 2.24) is 9.88 Å². The summed E-state index contributed by atoms with van der Waals surface area (Å²) in [6.07, 6.45) is 3.02. The van der Waals surface area contributed by atoms with E-state index in [0.29, 0.717) is 11.9 Å². The molecule has 0 saturated carbocycles. The lowest BCUT2D eigenvalue weighted by molar-refractivity contribution is 0.337. The number of hydrogen-bond donors (Lipinski definition) is 0. The predicted octanol–water partition coefficient (Wildman–Crippen LogP) is 3.11. The molecule has 18 heavy (non-hydrogen) atoms. The molecule has 0 aromatic carbocycles. The first-order chi connectivity index (χ1) is 8.61. The SMILES string of the molecule is CC1CN(C)CCCN1c1ncc(Br)cc1CCl. The van der Waals surface area contributed by atoms with Crippen LogP contribution in [-0.4, -0.2) is 42.6 Å². The Labute approximate surface area is 122 Å². The summed E-state index contributed by atoms with van der Waals surface area (Å²) in [5.41, 5.74) is 1.10. The molecule has 1 atom stereocenters. The fourth-order valence-electron chi connectivity index (χ4n) is 2.52. The summed E-state index contributed by atoms with van der Waals surface area (Å²) in [6, 6.07) is 2.53. The van der Waals surface area contributed by atoms with E-state index in [9.17, 15) is 0 Å². The molecular weight excluding hydrogens is 314 g/mol. The van der Waals surface area contributed by atoms with Crippen LogP contribution in [0.3, 0.4) is 0 Å². The van der Waals surface area contributed by atoms with E-state index in [-0.39, 0.29) is 0 Å². The highest BCUT2D eigenvalue weighted by Gasteiger charge is 2.22. The van der Waals surface area contributed by atoms with Crippen LogP contribution < -0.4 is 4.90 Å². The number of halogens is 2. The minimum absolute atomic E-state index is 0.466. The molecule has 2 heterocycles. The molecule has 3 nitrogen and oxygen atoms in total. The average Bonchev–Trinajstić information content (AvgIpc) is 2.50. The predicted molar refractivity (Wildman–Crippen MR) is 80.4 cm³/mol. The number of pyridine rings is 1. The fraction of sp³-hybridized carbons (Fsp3) is 0.615. The van der Waals surface area contributed by atoms with E-state index in [4.69, 9.17) is 11.6 Å². The molecule has 0 bridgehead atoms. The number of rotatable bonds is 2. The van der Waals surface area contributed by atoms with Crippen molar-refractivity contribution < 1.29 is 0 Å². The molecule has 0 amide bonds. The van der Waals surface area contributed by atoms with Gasteiger partial charge in [0.15, 0.2) is 0 Å². The number of alkyl halides is 1. The smallest absolute Gasteiger partial charge is 0.133 e. The molecule has 1 aliphatic rings. The van der Waals surface area contributed by atoms with Crippen LogP contribution in [0.2, 0.25) is 0 Å². The Morgan fingerprint density at radius 3 is 3.00 bits per heavy atom. The van der Waals surface area contributed by atoms with Crippen molar-refractivity contribution in [2.45, 2.75) is 25.3 Å². The first-order valence-corrected chi connectivity index (χ1v) is 7.60. The molecule has 0 aliphatic carbocycles. The molecule has 1 aliphatic heterocycles. The van der Waals surface area contributed by atoms with E-state index >= 15 is 0 Å². The van der Waals surface area contributed by atoms with Crippen molar-refractivity contribution in [3.8, 4) is 0 Å². The summed E-state index contributed by atoms with van der Waals surface area (Å²) in [7, 11) is 2.18. The van der Waals surface area contributed by atoms with Crippen LogP contribution in [0.1, 0.15) is 18.9 Å². The van der Waals surface area contributed by atoms with Gasteiger partial charge in [-0.3, -0.25) is 0 Å². The van der Waals surface area contributed by atoms with Crippen molar-refractivity contribution in [2.24, 2.45) is 0 Å². The zero-order valence-electron chi connectivity index (χ0n) is 10.9. The maximum Gasteiger partial charge on any atom is 0.133 e. The van der Waals surface area contributed by atoms with E-state index in [1.54, 1.807) is 0 Å². The van der Waals surface area contributed by atoms with E-state index in [1.807, 2.05) is 6.20 Å². The zero-order chi connectivity index (χ0) is 13.1. The maximum atomic E-state index is 6.04. The minimum Gasteiger partial charge on any atom is -0.352 e. The topological polar surface area (TPSA) is 19.4 Å². The number of aromatic nitrogens is 1. The lowest BCUT2D eigenvalue weighted by atomic mass is 10.2. The van der Waals surface area contributed by atoms with Crippen LogP contribution >= 0.6 is 27.5 Å². The summed E-state index contributed by atoms with van der Waals surface area (Å²) in [6.45, 7) is 5.51. The van der Waals surface area contributed by atoms with Gasteiger partial charge in [0.25, 0.3) is 0 Å². The fourth-order valence-corrected chi connectivity index (χ4v) is 3.09. The molecule has 1 aromatic rings. The third kappa shape index (κ3) is 3.16. The maximum absolute atomic E-state index is 6.04. The van der Waals surface area contributed by atoms with Gasteiger partial charge in [-0.25, -0.2) is 4.98 Å². The van der Waals surface area contributed by atoms with Gasteiger partial charge in [0.05, 0.1) is 5.88 Å². The summed E-state index contributed by atoms with van der Waals surface area (Å²) >= 11 is 9.50. The Balaban J connectivity index is 2.29. The van der Waals surface area contributed by atoms with Crippen molar-refractivity contribution in [2.75, 3.05) is 31.6 Å². The van der Waals surface area contributed by atoms with E-state index in [0.717, 1.165) is 35.5 Å². The molecular formula is C13H19BrClN3. The van der Waals surface area contributed by atoms with Gasteiger partial charge in [-0.1, -0.05) is 0 Å². The molecule has 2 rings (SSSR count). The summed E-state index contributed by atoms with van der Waals surface area (Å²) in [4.78, 5) is 9.33. The van der Waals surface area contributed by atoms with Gasteiger partial charge in [0.2, 0.25) is 0 Å². The second-order valence-corrected chi connectivity index (χ2v) is 6.11. The van der Waals surface area contributed by atoms with Crippen LogP contribution in [0, 0.1) is 0 Å². The Morgan fingerprint density at radius 1 is 1.50 bits per heavy atom. The van der Waals surface area contributed by atoms with E-state index < -0.39 is 0 Å². The van der Waals surface area contributed by atoms with Crippen molar-refractivity contribution in [1.29, 1.82) is 0 Å². The van der Waals surface area contributed by atoms with E-state index in [2.05, 4.69) is 50.8 Å². The van der Waals surface area contributed by atoms with Gasteiger partial charge in [0.1, 0.15) is 5.82 Å². The highest BCUT2D eigenvalue weighted by atomic mass is 79.9. The summed E-state index contributed by atoms with van der Waals surface area (Å²) < 4.78 is 0.987. The van der Waals surface area contributed by atoms with Crippen LogP contribution in [-0.2, 0) is 5.88 Å². The van der Waals surface area contributed by atoms with Crippen LogP contribution in [0.15, 0.2) is 16.7 Å². The quantitative estimate of drug-likeness (QED) is 0.776. The van der Waals surface area contributed by atoms with Crippen molar-refractivity contribution in [3.05, 3.63) is 22.3 Å². The highest BCUT2D eigenvalue weighted by molar-refractivity contribution is 9.10. The largest absolute Gasteiger partial charge is 0.352 e. The van der Waals surface area contributed by atoms with Gasteiger partial charge in [0, 0.05) is 35.4 Å². The number of hydrogen-bond acceptors (Lipinski definition) is 3. The Morgan fingerprint density at radius 2 is 2.28 bits per heavy atom. The standard InChI is InChI=1S/C13H19BrClN3/c1-10-9-17(2)4-3-5-18(10)13-11(7-15)6-12(14)8-16-13/h6,8,10H,3-5,7,9H2,1-2H3. The summed E-state index contributed by atoms with van der Waals surface area (Å²) in [5, 5.41) is 0. The third-order valence-electron chi connectivity index (χ3n) is 3.37. The lowest BCUT2D eigenvalue weighted by Crippen LogP contribution is -2.38. The van der Waals surface area contributed by atoms with Crippen LogP contribution in [0.4, 0.5) is 5.82 Å². The number of likely N-dealkylation sites (N-methyl/N-ethyl adjacent to an activating group) is 1.